The summed E-state index contributed by atoms with van der Waals surface area (Å²) in [5, 5.41) is 0. The molecular weight excluding hydrogens is 392 g/mol. The lowest BCUT2D eigenvalue weighted by Gasteiger charge is -2.26. The maximum Gasteiger partial charge on any atom is 0.228 e. The molecule has 0 spiro atoms. The number of hydrogen-bond donors (Lipinski definition) is 1. The van der Waals surface area contributed by atoms with Crippen LogP contribution in [-0.4, -0.2) is 46.4 Å². The number of likely N-dealkylation sites (tertiary alicyclic amines) is 1. The number of benzene rings is 2. The molecular formula is C24H26N4O3. The molecule has 0 bridgehead atoms. The van der Waals surface area contributed by atoms with E-state index in [4.69, 9.17) is 9.72 Å². The number of aromatic amines is 1. The van der Waals surface area contributed by atoms with Gasteiger partial charge in [-0.2, -0.15) is 0 Å². The Bertz CT molecular complexity index is 1070. The van der Waals surface area contributed by atoms with Crippen molar-refractivity contribution in [1.29, 1.82) is 0 Å². The van der Waals surface area contributed by atoms with Crippen molar-refractivity contribution in [2.45, 2.75) is 32.2 Å². The van der Waals surface area contributed by atoms with Crippen LogP contribution in [-0.2, 0) is 9.59 Å². The number of ether oxygens (including phenoxy) is 1. The van der Waals surface area contributed by atoms with Gasteiger partial charge in [-0.25, -0.2) is 4.98 Å². The smallest absolute Gasteiger partial charge is 0.228 e. The molecule has 160 valence electrons. The van der Waals surface area contributed by atoms with Gasteiger partial charge in [-0.1, -0.05) is 12.1 Å². The molecule has 2 aromatic carbocycles. The van der Waals surface area contributed by atoms with Crippen LogP contribution in [0.5, 0.6) is 5.75 Å². The third-order valence-electron chi connectivity index (χ3n) is 6.19. The van der Waals surface area contributed by atoms with Crippen LogP contribution in [0.25, 0.3) is 11.0 Å². The first-order valence-corrected chi connectivity index (χ1v) is 10.9. The van der Waals surface area contributed by atoms with E-state index in [0.717, 1.165) is 41.1 Å². The molecule has 1 aromatic heterocycles. The Morgan fingerprint density at radius 2 is 2.00 bits per heavy atom. The van der Waals surface area contributed by atoms with Crippen LogP contribution in [0.15, 0.2) is 48.5 Å². The van der Waals surface area contributed by atoms with Crippen molar-refractivity contribution in [3.63, 3.8) is 0 Å². The number of nitrogens with one attached hydrogen (secondary N) is 1. The lowest BCUT2D eigenvalue weighted by molar-refractivity contribution is -0.136. The molecule has 2 aliphatic rings. The highest BCUT2D eigenvalue weighted by molar-refractivity contribution is 6.00. The van der Waals surface area contributed by atoms with E-state index in [0.29, 0.717) is 19.7 Å². The standard InChI is InChI=1S/C24H26N4O3/c1-2-31-18-11-9-17(10-12-18)28-15-16(14-22(28)29)24(30)27-13-5-8-21(27)23-25-19-6-3-4-7-20(19)26-23/h3-4,6-7,9-12,16,21H,2,5,8,13-15H2,1H3,(H,25,26). The molecule has 0 saturated carbocycles. The number of para-hydroxylation sites is 2. The summed E-state index contributed by atoms with van der Waals surface area (Å²) >= 11 is 0. The van der Waals surface area contributed by atoms with Gasteiger partial charge in [0.25, 0.3) is 0 Å². The Labute approximate surface area is 181 Å². The van der Waals surface area contributed by atoms with E-state index in [-0.39, 0.29) is 30.2 Å². The Kier molecular flexibility index (Phi) is 5.10. The SMILES string of the molecule is CCOc1ccc(N2CC(C(=O)N3CCCC3c3nc4ccccc4[nH]3)CC2=O)cc1. The largest absolute Gasteiger partial charge is 0.494 e. The zero-order chi connectivity index (χ0) is 21.4. The molecule has 0 aliphatic carbocycles. The van der Waals surface area contributed by atoms with Gasteiger partial charge in [-0.05, 0) is 56.2 Å². The van der Waals surface area contributed by atoms with Gasteiger partial charge in [0.05, 0.1) is 29.6 Å². The number of H-pyrrole nitrogens is 1. The van der Waals surface area contributed by atoms with Gasteiger partial charge < -0.3 is 19.5 Å². The van der Waals surface area contributed by atoms with E-state index < -0.39 is 0 Å². The number of carbonyl (C=O) groups excluding carboxylic acids is 2. The topological polar surface area (TPSA) is 78.5 Å². The molecule has 3 aromatic rings. The summed E-state index contributed by atoms with van der Waals surface area (Å²) in [4.78, 5) is 37.8. The van der Waals surface area contributed by atoms with Crippen molar-refractivity contribution < 1.29 is 14.3 Å². The van der Waals surface area contributed by atoms with Gasteiger partial charge in [0, 0.05) is 25.2 Å². The second-order valence-electron chi connectivity index (χ2n) is 8.16. The van der Waals surface area contributed by atoms with Crippen LogP contribution in [0, 0.1) is 5.92 Å². The average molecular weight is 418 g/mol. The Morgan fingerprint density at radius 1 is 1.19 bits per heavy atom. The molecule has 2 fully saturated rings. The molecule has 2 saturated heterocycles. The fourth-order valence-corrected chi connectivity index (χ4v) is 4.69. The number of imidazole rings is 1. The predicted octanol–water partition coefficient (Wildman–Crippen LogP) is 3.68. The summed E-state index contributed by atoms with van der Waals surface area (Å²) in [7, 11) is 0. The van der Waals surface area contributed by atoms with E-state index in [1.165, 1.54) is 0 Å². The van der Waals surface area contributed by atoms with Crippen LogP contribution in [0.2, 0.25) is 0 Å². The maximum absolute atomic E-state index is 13.4. The molecule has 1 N–H and O–H groups in total. The lowest BCUT2D eigenvalue weighted by atomic mass is 10.1. The zero-order valence-corrected chi connectivity index (χ0v) is 17.6. The highest BCUT2D eigenvalue weighted by Gasteiger charge is 2.41. The summed E-state index contributed by atoms with van der Waals surface area (Å²) in [6, 6.07) is 15.3. The quantitative estimate of drug-likeness (QED) is 0.686. The minimum absolute atomic E-state index is 0.0120. The van der Waals surface area contributed by atoms with Crippen LogP contribution in [0.1, 0.15) is 38.1 Å². The number of carbonyl (C=O) groups is 2. The predicted molar refractivity (Wildman–Crippen MR) is 118 cm³/mol. The first kappa shape index (κ1) is 19.6. The molecule has 5 rings (SSSR count). The lowest BCUT2D eigenvalue weighted by Crippen LogP contribution is -2.37. The fraction of sp³-hybridized carbons (Fsp3) is 0.375. The molecule has 7 nitrogen and oxygen atoms in total. The van der Waals surface area contributed by atoms with Gasteiger partial charge in [-0.15, -0.1) is 0 Å². The average Bonchev–Trinajstić information content (AvgIpc) is 3.51. The van der Waals surface area contributed by atoms with E-state index in [1.54, 1.807) is 4.90 Å². The molecule has 2 aliphatic heterocycles. The summed E-state index contributed by atoms with van der Waals surface area (Å²) in [5.41, 5.74) is 2.70. The summed E-state index contributed by atoms with van der Waals surface area (Å²) in [6.45, 7) is 3.65. The van der Waals surface area contributed by atoms with Gasteiger partial charge in [0.2, 0.25) is 11.8 Å². The van der Waals surface area contributed by atoms with Crippen LogP contribution < -0.4 is 9.64 Å². The minimum Gasteiger partial charge on any atom is -0.494 e. The Hall–Kier alpha value is -3.35. The highest BCUT2D eigenvalue weighted by Crippen LogP contribution is 2.35. The molecule has 2 unspecified atom stereocenters. The normalized spacial score (nSPS) is 21.3. The first-order chi connectivity index (χ1) is 15.1. The van der Waals surface area contributed by atoms with Crippen molar-refractivity contribution in [3.8, 4) is 5.75 Å². The second kappa shape index (κ2) is 8.06. The number of anilines is 1. The Balaban J connectivity index is 1.32. The van der Waals surface area contributed by atoms with Crippen molar-refractivity contribution in [2.75, 3.05) is 24.6 Å². The van der Waals surface area contributed by atoms with Gasteiger partial charge in [-0.3, -0.25) is 9.59 Å². The summed E-state index contributed by atoms with van der Waals surface area (Å²) in [5.74, 6) is 1.31. The fourth-order valence-electron chi connectivity index (χ4n) is 4.69. The first-order valence-electron chi connectivity index (χ1n) is 10.9. The molecule has 0 radical (unpaired) electrons. The zero-order valence-electron chi connectivity index (χ0n) is 17.6. The maximum atomic E-state index is 13.4. The number of hydrogen-bond acceptors (Lipinski definition) is 4. The monoisotopic (exact) mass is 418 g/mol. The molecule has 7 heteroatoms. The number of aromatic nitrogens is 2. The number of fused-ring (bicyclic) bond motifs is 1. The van der Waals surface area contributed by atoms with Crippen molar-refractivity contribution >= 4 is 28.5 Å². The van der Waals surface area contributed by atoms with E-state index in [1.807, 2.05) is 60.4 Å². The number of rotatable bonds is 5. The minimum atomic E-state index is -0.330. The van der Waals surface area contributed by atoms with Crippen molar-refractivity contribution in [2.24, 2.45) is 5.92 Å². The molecule has 2 atom stereocenters. The second-order valence-corrected chi connectivity index (χ2v) is 8.16. The molecule has 31 heavy (non-hydrogen) atoms. The Morgan fingerprint density at radius 3 is 2.77 bits per heavy atom. The third kappa shape index (κ3) is 3.65. The van der Waals surface area contributed by atoms with E-state index >= 15 is 0 Å². The number of amides is 2. The number of nitrogens with zero attached hydrogens (tertiary/aromatic N) is 3. The molecule has 2 amide bonds. The van der Waals surface area contributed by atoms with Crippen LogP contribution in [0.3, 0.4) is 0 Å². The van der Waals surface area contributed by atoms with Crippen molar-refractivity contribution in [1.82, 2.24) is 14.9 Å². The van der Waals surface area contributed by atoms with Gasteiger partial charge >= 0.3 is 0 Å². The summed E-state index contributed by atoms with van der Waals surface area (Å²) < 4.78 is 5.48. The summed E-state index contributed by atoms with van der Waals surface area (Å²) in [6.07, 6.45) is 2.07. The van der Waals surface area contributed by atoms with Gasteiger partial charge in [0.15, 0.2) is 0 Å². The highest BCUT2D eigenvalue weighted by atomic mass is 16.5. The van der Waals surface area contributed by atoms with E-state index in [9.17, 15) is 9.59 Å². The third-order valence-corrected chi connectivity index (χ3v) is 6.19. The van der Waals surface area contributed by atoms with Crippen LogP contribution >= 0.6 is 0 Å². The van der Waals surface area contributed by atoms with Crippen LogP contribution in [0.4, 0.5) is 5.69 Å². The van der Waals surface area contributed by atoms with Crippen molar-refractivity contribution in [3.05, 3.63) is 54.4 Å². The van der Waals surface area contributed by atoms with E-state index in [2.05, 4.69) is 4.98 Å². The van der Waals surface area contributed by atoms with Gasteiger partial charge in [0.1, 0.15) is 11.6 Å². The molecule has 3 heterocycles.